The van der Waals surface area contributed by atoms with E-state index in [4.69, 9.17) is 9.72 Å². The number of thiophene rings is 1. The minimum absolute atomic E-state index is 0.151. The second kappa shape index (κ2) is 9.20. The van der Waals surface area contributed by atoms with E-state index in [-0.39, 0.29) is 24.0 Å². The van der Waals surface area contributed by atoms with Gasteiger partial charge in [-0.05, 0) is 47.3 Å². The standard InChI is InChI=1S/C22H21BrN4O3S/c1-2-30-21(29)16-8-5-9-26(11-16)22-25-18-17(23)13-31-19(18)20(28)27(22)12-15-7-4-3-6-14(15)10-24/h3-4,6-7,13,16H,2,5,8-9,11-12H2,1H3/t16-/m1/s1. The molecule has 0 saturated carbocycles. The van der Waals surface area contributed by atoms with Crippen molar-refractivity contribution in [2.75, 3.05) is 24.6 Å². The summed E-state index contributed by atoms with van der Waals surface area (Å²) in [6.07, 6.45) is 1.55. The van der Waals surface area contributed by atoms with Gasteiger partial charge in [-0.2, -0.15) is 5.26 Å². The van der Waals surface area contributed by atoms with Crippen molar-refractivity contribution in [3.8, 4) is 6.07 Å². The molecule has 2 aromatic heterocycles. The van der Waals surface area contributed by atoms with E-state index in [1.807, 2.05) is 22.4 Å². The van der Waals surface area contributed by atoms with E-state index in [1.165, 1.54) is 11.3 Å². The number of ether oxygens (including phenoxy) is 1. The van der Waals surface area contributed by atoms with Crippen molar-refractivity contribution in [2.24, 2.45) is 5.92 Å². The molecule has 3 heterocycles. The first-order chi connectivity index (χ1) is 15.0. The predicted octanol–water partition coefficient (Wildman–Crippen LogP) is 3.92. The number of anilines is 1. The van der Waals surface area contributed by atoms with E-state index in [0.717, 1.165) is 22.9 Å². The van der Waals surface area contributed by atoms with Crippen LogP contribution in [0.2, 0.25) is 0 Å². The summed E-state index contributed by atoms with van der Waals surface area (Å²) < 4.78 is 8.18. The molecule has 0 N–H and O–H groups in total. The number of aromatic nitrogens is 2. The molecule has 0 bridgehead atoms. The van der Waals surface area contributed by atoms with Gasteiger partial charge in [-0.3, -0.25) is 14.2 Å². The van der Waals surface area contributed by atoms with Crippen LogP contribution in [-0.4, -0.2) is 35.2 Å². The number of carbonyl (C=O) groups is 1. The van der Waals surface area contributed by atoms with Gasteiger partial charge in [0.05, 0.1) is 35.2 Å². The highest BCUT2D eigenvalue weighted by Gasteiger charge is 2.30. The summed E-state index contributed by atoms with van der Waals surface area (Å²) in [6.45, 7) is 3.51. The van der Waals surface area contributed by atoms with Crippen molar-refractivity contribution in [2.45, 2.75) is 26.3 Å². The molecule has 1 saturated heterocycles. The third-order valence-electron chi connectivity index (χ3n) is 5.40. The second-order valence-corrected chi connectivity index (χ2v) is 9.10. The Morgan fingerprint density at radius 1 is 1.42 bits per heavy atom. The molecule has 0 aliphatic carbocycles. The van der Waals surface area contributed by atoms with Gasteiger partial charge in [0.1, 0.15) is 10.2 Å². The van der Waals surface area contributed by atoms with Crippen LogP contribution in [0, 0.1) is 17.2 Å². The van der Waals surface area contributed by atoms with Crippen LogP contribution in [0.4, 0.5) is 5.95 Å². The van der Waals surface area contributed by atoms with Gasteiger partial charge in [0.2, 0.25) is 5.95 Å². The van der Waals surface area contributed by atoms with E-state index in [2.05, 4.69) is 22.0 Å². The normalized spacial score (nSPS) is 16.3. The monoisotopic (exact) mass is 500 g/mol. The van der Waals surface area contributed by atoms with Crippen molar-refractivity contribution < 1.29 is 9.53 Å². The number of fused-ring (bicyclic) bond motifs is 1. The number of nitrogens with zero attached hydrogens (tertiary/aromatic N) is 4. The quantitative estimate of drug-likeness (QED) is 0.493. The average Bonchev–Trinajstić information content (AvgIpc) is 3.17. The Hall–Kier alpha value is -2.70. The zero-order valence-corrected chi connectivity index (χ0v) is 19.4. The maximum atomic E-state index is 13.4. The first-order valence-electron chi connectivity index (χ1n) is 10.1. The Labute approximate surface area is 192 Å². The Balaban J connectivity index is 1.81. The van der Waals surface area contributed by atoms with Gasteiger partial charge in [-0.25, -0.2) is 4.98 Å². The van der Waals surface area contributed by atoms with E-state index in [9.17, 15) is 14.9 Å². The summed E-state index contributed by atoms with van der Waals surface area (Å²) in [4.78, 5) is 32.6. The van der Waals surface area contributed by atoms with Crippen LogP contribution in [-0.2, 0) is 16.1 Å². The SMILES string of the molecule is CCOC(=O)[C@@H]1CCCN(c2nc3c(Br)csc3c(=O)n2Cc2ccccc2C#N)C1. The van der Waals surface area contributed by atoms with E-state index < -0.39 is 0 Å². The summed E-state index contributed by atoms with van der Waals surface area (Å²) in [7, 11) is 0. The molecule has 7 nitrogen and oxygen atoms in total. The number of hydrogen-bond acceptors (Lipinski definition) is 7. The summed E-state index contributed by atoms with van der Waals surface area (Å²) in [6, 6.07) is 9.44. The Kier molecular flexibility index (Phi) is 6.39. The van der Waals surface area contributed by atoms with Crippen molar-refractivity contribution in [3.63, 3.8) is 0 Å². The van der Waals surface area contributed by atoms with Gasteiger partial charge in [0.25, 0.3) is 5.56 Å². The molecule has 1 atom stereocenters. The Morgan fingerprint density at radius 3 is 3.00 bits per heavy atom. The maximum Gasteiger partial charge on any atom is 0.310 e. The molecule has 3 aromatic rings. The number of benzene rings is 1. The van der Waals surface area contributed by atoms with Crippen LogP contribution in [0.25, 0.3) is 10.2 Å². The lowest BCUT2D eigenvalue weighted by molar-refractivity contribution is -0.148. The van der Waals surface area contributed by atoms with Crippen LogP contribution in [0.15, 0.2) is 38.9 Å². The number of esters is 1. The largest absolute Gasteiger partial charge is 0.466 e. The van der Waals surface area contributed by atoms with Crippen molar-refractivity contribution in [1.29, 1.82) is 5.26 Å². The molecule has 31 heavy (non-hydrogen) atoms. The molecule has 4 rings (SSSR count). The highest BCUT2D eigenvalue weighted by atomic mass is 79.9. The number of carbonyl (C=O) groups excluding carboxylic acids is 1. The van der Waals surface area contributed by atoms with Gasteiger partial charge < -0.3 is 9.64 Å². The van der Waals surface area contributed by atoms with Crippen molar-refractivity contribution in [1.82, 2.24) is 9.55 Å². The molecular weight excluding hydrogens is 480 g/mol. The second-order valence-electron chi connectivity index (χ2n) is 7.37. The summed E-state index contributed by atoms with van der Waals surface area (Å²) in [5, 5.41) is 11.3. The molecule has 1 fully saturated rings. The molecule has 1 aliphatic rings. The first-order valence-corrected chi connectivity index (χ1v) is 11.8. The molecule has 9 heteroatoms. The van der Waals surface area contributed by atoms with E-state index in [0.29, 0.717) is 41.4 Å². The van der Waals surface area contributed by atoms with Crippen molar-refractivity contribution in [3.05, 3.63) is 55.6 Å². The highest BCUT2D eigenvalue weighted by Crippen LogP contribution is 2.30. The fraction of sp³-hybridized carbons (Fsp3) is 0.364. The molecular formula is C22H21BrN4O3S. The number of halogens is 1. The first kappa shape index (κ1) is 21.5. The minimum atomic E-state index is -0.257. The molecule has 0 radical (unpaired) electrons. The van der Waals surface area contributed by atoms with Crippen LogP contribution in [0.1, 0.15) is 30.9 Å². The van der Waals surface area contributed by atoms with Crippen molar-refractivity contribution >= 4 is 49.4 Å². The Morgan fingerprint density at radius 2 is 2.23 bits per heavy atom. The zero-order valence-electron chi connectivity index (χ0n) is 17.0. The van der Waals surface area contributed by atoms with E-state index in [1.54, 1.807) is 23.6 Å². The van der Waals surface area contributed by atoms with Crippen LogP contribution in [0.5, 0.6) is 0 Å². The van der Waals surface area contributed by atoms with Gasteiger partial charge in [0, 0.05) is 18.5 Å². The summed E-state index contributed by atoms with van der Waals surface area (Å²) in [5.74, 6) is 0.0408. The fourth-order valence-electron chi connectivity index (χ4n) is 3.89. The zero-order chi connectivity index (χ0) is 22.0. The van der Waals surface area contributed by atoms with Gasteiger partial charge in [0.15, 0.2) is 0 Å². The van der Waals surface area contributed by atoms with E-state index >= 15 is 0 Å². The lowest BCUT2D eigenvalue weighted by Crippen LogP contribution is -2.42. The lowest BCUT2D eigenvalue weighted by atomic mass is 9.98. The van der Waals surface area contributed by atoms with Gasteiger partial charge in [-0.1, -0.05) is 18.2 Å². The molecule has 1 aromatic carbocycles. The third-order valence-corrected chi connectivity index (χ3v) is 7.27. The predicted molar refractivity (Wildman–Crippen MR) is 123 cm³/mol. The molecule has 0 unspecified atom stereocenters. The number of nitriles is 1. The fourth-order valence-corrected chi connectivity index (χ4v) is 5.40. The van der Waals surface area contributed by atoms with Gasteiger partial charge >= 0.3 is 5.97 Å². The van der Waals surface area contributed by atoms with Gasteiger partial charge in [-0.15, -0.1) is 11.3 Å². The molecule has 0 amide bonds. The third kappa shape index (κ3) is 4.23. The lowest BCUT2D eigenvalue weighted by Gasteiger charge is -2.33. The number of rotatable bonds is 5. The molecule has 0 spiro atoms. The molecule has 160 valence electrons. The van der Waals surface area contributed by atoms with Crippen LogP contribution >= 0.6 is 27.3 Å². The average molecular weight is 501 g/mol. The number of hydrogen-bond donors (Lipinski definition) is 0. The number of piperidine rings is 1. The molecule has 1 aliphatic heterocycles. The summed E-state index contributed by atoms with van der Waals surface area (Å²) in [5.41, 5.74) is 1.75. The topological polar surface area (TPSA) is 88.2 Å². The smallest absolute Gasteiger partial charge is 0.310 e. The Bertz CT molecular complexity index is 1230. The maximum absolute atomic E-state index is 13.4. The minimum Gasteiger partial charge on any atom is -0.466 e. The summed E-state index contributed by atoms with van der Waals surface area (Å²) >= 11 is 4.84. The van der Waals surface area contributed by atoms with Crippen LogP contribution in [0.3, 0.4) is 0 Å². The van der Waals surface area contributed by atoms with Crippen LogP contribution < -0.4 is 10.5 Å². The highest BCUT2D eigenvalue weighted by molar-refractivity contribution is 9.10.